The fourth-order valence-electron chi connectivity index (χ4n) is 4.19. The average Bonchev–Trinajstić information content (AvgIpc) is 3.26. The van der Waals surface area contributed by atoms with Crippen LogP contribution in [0.3, 0.4) is 0 Å². The van der Waals surface area contributed by atoms with E-state index in [0.29, 0.717) is 5.56 Å². The lowest BCUT2D eigenvalue weighted by atomic mass is 10.2. The van der Waals surface area contributed by atoms with Gasteiger partial charge in [-0.3, -0.25) is 14.5 Å². The van der Waals surface area contributed by atoms with Gasteiger partial charge in [-0.1, -0.05) is 18.2 Å². The van der Waals surface area contributed by atoms with Crippen LogP contribution < -0.4 is 20.4 Å². The molecule has 13 heteroatoms. The zero-order chi connectivity index (χ0) is 26.5. The highest BCUT2D eigenvalue weighted by atomic mass is 19.1. The summed E-state index contributed by atoms with van der Waals surface area (Å²) in [6.07, 6.45) is -2.91. The van der Waals surface area contributed by atoms with Gasteiger partial charge >= 0.3 is 12.2 Å². The van der Waals surface area contributed by atoms with Gasteiger partial charge in [-0.25, -0.2) is 18.4 Å². The van der Waals surface area contributed by atoms with Crippen molar-refractivity contribution in [2.75, 3.05) is 55.6 Å². The zero-order valence-corrected chi connectivity index (χ0v) is 19.7. The van der Waals surface area contributed by atoms with Gasteiger partial charge in [-0.2, -0.15) is 0 Å². The number of amides is 4. The number of nitrogens with zero attached hydrogens (tertiary/aromatic N) is 3. The Bertz CT molecular complexity index is 1170. The summed E-state index contributed by atoms with van der Waals surface area (Å²) in [5.41, 5.74) is 0.110. The molecule has 2 aromatic rings. The maximum Gasteiger partial charge on any atom is 0.414 e. The van der Waals surface area contributed by atoms with Crippen molar-refractivity contribution in [3.63, 3.8) is 0 Å². The Labute approximate surface area is 210 Å². The molecular formula is C24H25F2N5O6. The van der Waals surface area contributed by atoms with Gasteiger partial charge < -0.3 is 30.3 Å². The van der Waals surface area contributed by atoms with E-state index in [4.69, 9.17) is 9.84 Å². The van der Waals surface area contributed by atoms with Gasteiger partial charge in [-0.15, -0.1) is 0 Å². The molecule has 0 aromatic heterocycles. The van der Waals surface area contributed by atoms with Crippen molar-refractivity contribution in [2.45, 2.75) is 6.10 Å². The molecule has 0 bridgehead atoms. The Kier molecular flexibility index (Phi) is 7.70. The molecule has 0 unspecified atom stereocenters. The van der Waals surface area contributed by atoms with Crippen LogP contribution in [0.5, 0.6) is 0 Å². The van der Waals surface area contributed by atoms with Crippen LogP contribution >= 0.6 is 0 Å². The molecule has 2 fully saturated rings. The molecule has 0 aliphatic carbocycles. The van der Waals surface area contributed by atoms with Crippen LogP contribution in [0.15, 0.2) is 42.5 Å². The molecule has 2 aromatic carbocycles. The summed E-state index contributed by atoms with van der Waals surface area (Å²) in [6.45, 7) is 0.327. The number of hydrogen-bond acceptors (Lipinski definition) is 6. The van der Waals surface area contributed by atoms with Crippen molar-refractivity contribution in [1.82, 2.24) is 15.5 Å². The third kappa shape index (κ3) is 6.05. The molecule has 2 saturated heterocycles. The number of hydrogen-bond donors (Lipinski definition) is 3. The fourth-order valence-corrected chi connectivity index (χ4v) is 4.19. The van der Waals surface area contributed by atoms with Crippen molar-refractivity contribution in [1.29, 1.82) is 0 Å². The van der Waals surface area contributed by atoms with Crippen LogP contribution in [0.25, 0.3) is 0 Å². The van der Waals surface area contributed by atoms with Gasteiger partial charge in [0.25, 0.3) is 5.91 Å². The molecule has 2 aliphatic heterocycles. The summed E-state index contributed by atoms with van der Waals surface area (Å²) in [6, 6.07) is 10.5. The lowest BCUT2D eigenvalue weighted by Gasteiger charge is -2.36. The first kappa shape index (κ1) is 25.7. The number of piperazine rings is 1. The van der Waals surface area contributed by atoms with E-state index in [9.17, 15) is 28.0 Å². The second kappa shape index (κ2) is 11.1. The number of carboxylic acid groups (broad SMARTS) is 1. The summed E-state index contributed by atoms with van der Waals surface area (Å²) in [5, 5.41) is 13.3. The fraction of sp³-hybridized carbons (Fsp3) is 0.333. The average molecular weight is 517 g/mol. The molecule has 2 aliphatic rings. The number of halogens is 2. The van der Waals surface area contributed by atoms with Gasteiger partial charge in [0, 0.05) is 43.9 Å². The Hall–Kier alpha value is -4.42. The van der Waals surface area contributed by atoms with Gasteiger partial charge in [-0.05, 0) is 12.1 Å². The highest BCUT2D eigenvalue weighted by Crippen LogP contribution is 2.31. The predicted molar refractivity (Wildman–Crippen MR) is 128 cm³/mol. The molecule has 11 nitrogen and oxygen atoms in total. The minimum Gasteiger partial charge on any atom is -0.465 e. The summed E-state index contributed by atoms with van der Waals surface area (Å²) in [7, 11) is 0. The molecule has 1 atom stereocenters. The molecule has 2 heterocycles. The minimum absolute atomic E-state index is 0.0513. The molecule has 196 valence electrons. The first-order valence-corrected chi connectivity index (χ1v) is 11.5. The first-order chi connectivity index (χ1) is 17.7. The van der Waals surface area contributed by atoms with Gasteiger partial charge in [0.2, 0.25) is 5.91 Å². The number of ether oxygens (including phenoxy) is 1. The first-order valence-electron chi connectivity index (χ1n) is 11.5. The van der Waals surface area contributed by atoms with E-state index in [2.05, 4.69) is 10.6 Å². The van der Waals surface area contributed by atoms with Crippen molar-refractivity contribution in [2.24, 2.45) is 0 Å². The Morgan fingerprint density at radius 2 is 1.65 bits per heavy atom. The summed E-state index contributed by atoms with van der Waals surface area (Å²) in [5.74, 6) is -2.45. The topological polar surface area (TPSA) is 132 Å². The van der Waals surface area contributed by atoms with E-state index in [1.54, 1.807) is 30.3 Å². The minimum atomic E-state index is -1.28. The summed E-state index contributed by atoms with van der Waals surface area (Å²) in [4.78, 5) is 51.4. The molecule has 4 rings (SSSR count). The molecule has 0 radical (unpaired) electrons. The quantitative estimate of drug-likeness (QED) is 0.509. The summed E-state index contributed by atoms with van der Waals surface area (Å²) >= 11 is 0. The van der Waals surface area contributed by atoms with E-state index >= 15 is 0 Å². The van der Waals surface area contributed by atoms with Crippen LogP contribution in [-0.2, 0) is 9.53 Å². The highest BCUT2D eigenvalue weighted by Gasteiger charge is 2.34. The second-order valence-corrected chi connectivity index (χ2v) is 8.48. The van der Waals surface area contributed by atoms with Crippen molar-refractivity contribution >= 4 is 35.4 Å². The molecular weight excluding hydrogens is 492 g/mol. The van der Waals surface area contributed by atoms with Crippen molar-refractivity contribution in [3.8, 4) is 0 Å². The smallest absolute Gasteiger partial charge is 0.414 e. The van der Waals surface area contributed by atoms with Crippen LogP contribution in [-0.4, -0.2) is 85.9 Å². The van der Waals surface area contributed by atoms with E-state index in [0.717, 1.165) is 17.0 Å². The van der Waals surface area contributed by atoms with Gasteiger partial charge in [0.1, 0.15) is 11.8 Å². The number of rotatable bonds is 7. The van der Waals surface area contributed by atoms with Crippen molar-refractivity contribution in [3.05, 3.63) is 59.7 Å². The zero-order valence-electron chi connectivity index (χ0n) is 19.7. The Morgan fingerprint density at radius 1 is 1.00 bits per heavy atom. The second-order valence-electron chi connectivity index (χ2n) is 8.48. The third-order valence-electron chi connectivity index (χ3n) is 6.05. The molecule has 0 saturated carbocycles. The lowest BCUT2D eigenvalue weighted by Crippen LogP contribution is -2.51. The number of cyclic esters (lactones) is 1. The molecule has 4 amide bonds. The molecule has 37 heavy (non-hydrogen) atoms. The van der Waals surface area contributed by atoms with E-state index in [1.807, 2.05) is 0 Å². The van der Waals surface area contributed by atoms with Crippen molar-refractivity contribution < 1.29 is 37.8 Å². The van der Waals surface area contributed by atoms with Crippen LogP contribution in [0.1, 0.15) is 10.4 Å². The maximum atomic E-state index is 15.0. The maximum absolute atomic E-state index is 15.0. The standard InChI is InChI=1S/C24H25F2N5O6/c25-18-10-16(31-14-17(37-24(31)36)12-28-23(34)35)11-19(26)21(18)30-8-6-29(7-9-30)20(32)13-27-22(33)15-4-2-1-3-5-15/h1-5,10-11,17,28H,6-9,12-14H2,(H,27,33)(H,34,35)/t17-/m0/s1. The van der Waals surface area contributed by atoms with Gasteiger partial charge in [0.05, 0.1) is 25.3 Å². The van der Waals surface area contributed by atoms with E-state index in [-0.39, 0.29) is 69.0 Å². The van der Waals surface area contributed by atoms with Crippen LogP contribution in [0.4, 0.5) is 29.7 Å². The number of nitrogens with one attached hydrogen (secondary N) is 2. The van der Waals surface area contributed by atoms with E-state index in [1.165, 1.54) is 9.80 Å². The number of benzene rings is 2. The molecule has 3 N–H and O–H groups in total. The SMILES string of the molecule is O=C(O)NC[C@H]1CN(c2cc(F)c(N3CCN(C(=O)CNC(=O)c4ccccc4)CC3)c(F)c2)C(=O)O1. The van der Waals surface area contributed by atoms with Gasteiger partial charge in [0.15, 0.2) is 11.6 Å². The normalized spacial score (nSPS) is 17.4. The Balaban J connectivity index is 1.33. The number of carbonyl (C=O) groups is 4. The highest BCUT2D eigenvalue weighted by molar-refractivity contribution is 5.96. The largest absolute Gasteiger partial charge is 0.465 e. The Morgan fingerprint density at radius 3 is 2.27 bits per heavy atom. The monoisotopic (exact) mass is 517 g/mol. The van der Waals surface area contributed by atoms with Crippen LogP contribution in [0.2, 0.25) is 0 Å². The lowest BCUT2D eigenvalue weighted by molar-refractivity contribution is -0.130. The summed E-state index contributed by atoms with van der Waals surface area (Å²) < 4.78 is 35.0. The number of anilines is 2. The van der Waals surface area contributed by atoms with Crippen LogP contribution in [0, 0.1) is 11.6 Å². The third-order valence-corrected chi connectivity index (χ3v) is 6.05. The predicted octanol–water partition coefficient (Wildman–Crippen LogP) is 1.64. The molecule has 0 spiro atoms. The van der Waals surface area contributed by atoms with E-state index < -0.39 is 29.9 Å². The number of carbonyl (C=O) groups excluding carboxylic acids is 3.